The fourth-order valence-corrected chi connectivity index (χ4v) is 2.08. The molecule has 0 aliphatic heterocycles. The Balaban J connectivity index is 2.22. The molecule has 98 valence electrons. The molecule has 0 saturated heterocycles. The summed E-state index contributed by atoms with van der Waals surface area (Å²) in [6.07, 6.45) is 0.385. The second kappa shape index (κ2) is 5.59. The van der Waals surface area contributed by atoms with Crippen LogP contribution in [0.15, 0.2) is 18.2 Å². The molecule has 0 aliphatic carbocycles. The Labute approximate surface area is 112 Å². The van der Waals surface area contributed by atoms with Crippen LogP contribution < -0.4 is 5.32 Å². The number of nitrogens with zero attached hydrogens (tertiary/aromatic N) is 2. The van der Waals surface area contributed by atoms with Crippen LogP contribution in [0.1, 0.15) is 12.7 Å². The van der Waals surface area contributed by atoms with Crippen molar-refractivity contribution in [3.8, 4) is 0 Å². The van der Waals surface area contributed by atoms with E-state index in [2.05, 4.69) is 21.8 Å². The average Bonchev–Trinajstić information content (AvgIpc) is 2.72. The monoisotopic (exact) mass is 267 g/mol. The van der Waals surface area contributed by atoms with Crippen molar-refractivity contribution < 1.29 is 5.11 Å². The summed E-state index contributed by atoms with van der Waals surface area (Å²) in [6, 6.07) is 6.02. The van der Waals surface area contributed by atoms with Crippen LogP contribution in [0.3, 0.4) is 0 Å². The molecule has 2 aromatic rings. The summed E-state index contributed by atoms with van der Waals surface area (Å²) in [7, 11) is 2.03. The summed E-state index contributed by atoms with van der Waals surface area (Å²) in [5.41, 5.74) is 3.04. The van der Waals surface area contributed by atoms with Gasteiger partial charge < -0.3 is 15.0 Å². The van der Waals surface area contributed by atoms with Crippen LogP contribution in [0.2, 0.25) is 0 Å². The van der Waals surface area contributed by atoms with Crippen molar-refractivity contribution >= 4 is 28.3 Å². The molecule has 0 amide bonds. The Morgan fingerprint density at radius 3 is 2.94 bits per heavy atom. The highest BCUT2D eigenvalue weighted by atomic mass is 35.5. The second-order valence-corrected chi connectivity index (χ2v) is 4.64. The molecule has 1 aromatic heterocycles. The lowest BCUT2D eigenvalue weighted by Crippen LogP contribution is -2.20. The zero-order valence-corrected chi connectivity index (χ0v) is 11.4. The zero-order valence-electron chi connectivity index (χ0n) is 10.7. The van der Waals surface area contributed by atoms with Gasteiger partial charge >= 0.3 is 0 Å². The third-order valence-electron chi connectivity index (χ3n) is 3.01. The quantitative estimate of drug-likeness (QED) is 0.816. The van der Waals surface area contributed by atoms with E-state index in [9.17, 15) is 5.11 Å². The van der Waals surface area contributed by atoms with Gasteiger partial charge in [-0.15, -0.1) is 11.6 Å². The predicted octanol–water partition coefficient (Wildman–Crippen LogP) is 2.15. The van der Waals surface area contributed by atoms with E-state index in [0.29, 0.717) is 6.54 Å². The van der Waals surface area contributed by atoms with Gasteiger partial charge in [-0.25, -0.2) is 4.98 Å². The topological polar surface area (TPSA) is 50.1 Å². The van der Waals surface area contributed by atoms with Gasteiger partial charge in [-0.3, -0.25) is 0 Å². The van der Waals surface area contributed by atoms with Crippen molar-refractivity contribution in [1.82, 2.24) is 9.55 Å². The van der Waals surface area contributed by atoms with Crippen molar-refractivity contribution in [1.29, 1.82) is 0 Å². The lowest BCUT2D eigenvalue weighted by atomic mass is 10.2. The molecule has 18 heavy (non-hydrogen) atoms. The minimum atomic E-state index is -0.530. The second-order valence-electron chi connectivity index (χ2n) is 4.33. The normalized spacial score (nSPS) is 12.9. The molecule has 0 fully saturated rings. The molecule has 0 spiro atoms. The highest BCUT2D eigenvalue weighted by Crippen LogP contribution is 2.19. The number of anilines is 1. The number of alkyl halides is 1. The number of hydrogen-bond acceptors (Lipinski definition) is 3. The lowest BCUT2D eigenvalue weighted by molar-refractivity contribution is 0.211. The van der Waals surface area contributed by atoms with Crippen molar-refractivity contribution in [3.63, 3.8) is 0 Å². The number of fused-ring (bicyclic) bond motifs is 1. The number of rotatable bonds is 5. The third kappa shape index (κ3) is 2.60. The predicted molar refractivity (Wildman–Crippen MR) is 75.3 cm³/mol. The number of aryl methyl sites for hydroxylation is 2. The molecule has 2 rings (SSSR count). The molecule has 4 nitrogen and oxygen atoms in total. The maximum atomic E-state index is 9.40. The number of benzene rings is 1. The van der Waals surface area contributed by atoms with E-state index in [-0.39, 0.29) is 5.88 Å². The lowest BCUT2D eigenvalue weighted by Gasteiger charge is -2.09. The first-order chi connectivity index (χ1) is 8.65. The van der Waals surface area contributed by atoms with E-state index in [1.54, 1.807) is 0 Å². The van der Waals surface area contributed by atoms with E-state index >= 15 is 0 Å². The Morgan fingerprint density at radius 2 is 2.28 bits per heavy atom. The molecule has 0 radical (unpaired) electrons. The highest BCUT2D eigenvalue weighted by Gasteiger charge is 2.07. The molecule has 0 aliphatic rings. The smallest absolute Gasteiger partial charge is 0.109 e. The van der Waals surface area contributed by atoms with Gasteiger partial charge in [0.1, 0.15) is 5.82 Å². The van der Waals surface area contributed by atoms with Crippen LogP contribution in [0, 0.1) is 0 Å². The number of halogens is 1. The summed E-state index contributed by atoms with van der Waals surface area (Å²) in [5, 5.41) is 12.6. The van der Waals surface area contributed by atoms with Crippen LogP contribution in [0.5, 0.6) is 0 Å². The molecule has 1 atom stereocenters. The standard InChI is InChI=1S/C13H18ClN3O/c1-3-13-16-11-6-9(15-8-10(18)7-14)4-5-12(11)17(13)2/h4-6,10,15,18H,3,7-8H2,1-2H3. The minimum Gasteiger partial charge on any atom is -0.390 e. The summed E-state index contributed by atoms with van der Waals surface area (Å²) >= 11 is 5.55. The largest absolute Gasteiger partial charge is 0.390 e. The number of aliphatic hydroxyl groups excluding tert-OH is 1. The van der Waals surface area contributed by atoms with E-state index in [0.717, 1.165) is 29.0 Å². The molecular weight excluding hydrogens is 250 g/mol. The van der Waals surface area contributed by atoms with E-state index in [1.165, 1.54) is 0 Å². The average molecular weight is 268 g/mol. The van der Waals surface area contributed by atoms with Crippen molar-refractivity contribution in [2.75, 3.05) is 17.7 Å². The highest BCUT2D eigenvalue weighted by molar-refractivity contribution is 6.18. The van der Waals surface area contributed by atoms with Gasteiger partial charge in [0.2, 0.25) is 0 Å². The van der Waals surface area contributed by atoms with Gasteiger partial charge in [0.05, 0.1) is 23.0 Å². The first-order valence-electron chi connectivity index (χ1n) is 6.09. The summed E-state index contributed by atoms with van der Waals surface area (Å²) in [4.78, 5) is 4.57. The van der Waals surface area contributed by atoms with Crippen LogP contribution in [0.4, 0.5) is 5.69 Å². The van der Waals surface area contributed by atoms with Crippen molar-refractivity contribution in [3.05, 3.63) is 24.0 Å². The molecule has 1 unspecified atom stereocenters. The summed E-state index contributed by atoms with van der Waals surface area (Å²) < 4.78 is 2.10. The Hall–Kier alpha value is -1.26. The number of aromatic nitrogens is 2. The maximum Gasteiger partial charge on any atom is 0.109 e. The van der Waals surface area contributed by atoms with Gasteiger partial charge in [-0.05, 0) is 18.2 Å². The number of nitrogens with one attached hydrogen (secondary N) is 1. The molecule has 2 N–H and O–H groups in total. The third-order valence-corrected chi connectivity index (χ3v) is 3.37. The van der Waals surface area contributed by atoms with Gasteiger partial charge in [0.25, 0.3) is 0 Å². The Morgan fingerprint density at radius 1 is 1.50 bits per heavy atom. The fraction of sp³-hybridized carbons (Fsp3) is 0.462. The van der Waals surface area contributed by atoms with Gasteiger partial charge in [-0.2, -0.15) is 0 Å². The van der Waals surface area contributed by atoms with Crippen LogP contribution in [0.25, 0.3) is 11.0 Å². The van der Waals surface area contributed by atoms with Crippen LogP contribution in [-0.2, 0) is 13.5 Å². The SMILES string of the molecule is CCc1nc2cc(NCC(O)CCl)ccc2n1C. The van der Waals surface area contributed by atoms with E-state index in [1.807, 2.05) is 25.2 Å². The van der Waals surface area contributed by atoms with Gasteiger partial charge in [-0.1, -0.05) is 6.92 Å². The first-order valence-corrected chi connectivity index (χ1v) is 6.62. The fourth-order valence-electron chi connectivity index (χ4n) is 1.97. The minimum absolute atomic E-state index is 0.235. The summed E-state index contributed by atoms with van der Waals surface area (Å²) in [5.74, 6) is 1.31. The first kappa shape index (κ1) is 13.2. The number of aliphatic hydroxyl groups is 1. The van der Waals surface area contributed by atoms with E-state index < -0.39 is 6.10 Å². The zero-order chi connectivity index (χ0) is 13.1. The number of hydrogen-bond donors (Lipinski definition) is 2. The molecule has 0 bridgehead atoms. The molecule has 0 saturated carbocycles. The van der Waals surface area contributed by atoms with Gasteiger partial charge in [0.15, 0.2) is 0 Å². The van der Waals surface area contributed by atoms with Crippen molar-refractivity contribution in [2.24, 2.45) is 7.05 Å². The molecule has 1 heterocycles. The molecule has 1 aromatic carbocycles. The van der Waals surface area contributed by atoms with Crippen LogP contribution in [-0.4, -0.2) is 33.2 Å². The molecule has 5 heteroatoms. The van der Waals surface area contributed by atoms with Crippen molar-refractivity contribution in [2.45, 2.75) is 19.4 Å². The number of imidazole rings is 1. The maximum absolute atomic E-state index is 9.40. The molecular formula is C13H18ClN3O. The Bertz CT molecular complexity index is 538. The summed E-state index contributed by atoms with van der Waals surface area (Å²) in [6.45, 7) is 2.54. The Kier molecular flexibility index (Phi) is 4.09. The van der Waals surface area contributed by atoms with E-state index in [4.69, 9.17) is 11.6 Å². The van der Waals surface area contributed by atoms with Gasteiger partial charge in [0, 0.05) is 25.7 Å². The van der Waals surface area contributed by atoms with Crippen LogP contribution >= 0.6 is 11.6 Å².